The minimum Gasteiger partial charge on any atom is -0.456 e. The fraction of sp³-hybridized carbons (Fsp3) is 0.0800. The third-order valence-electron chi connectivity index (χ3n) is 12.7. The number of hydrogen-bond donors (Lipinski definition) is 0. The molecule has 6 bridgehead atoms. The topological polar surface area (TPSA) is 31.2 Å². The molecule has 4 aliphatic rings. The Morgan fingerprint density at radius 3 is 2.00 bits per heavy atom. The van der Waals surface area contributed by atoms with Crippen LogP contribution in [0.15, 0.2) is 160 Å². The van der Waals surface area contributed by atoms with Gasteiger partial charge in [0.05, 0.1) is 11.0 Å². The minimum absolute atomic E-state index is 0.328. The molecular weight excluding hydrogens is 647 g/mol. The maximum absolute atomic E-state index is 6.75. The summed E-state index contributed by atoms with van der Waals surface area (Å²) in [5.74, 6) is 0. The van der Waals surface area contributed by atoms with Gasteiger partial charge < -0.3 is 13.4 Å². The van der Waals surface area contributed by atoms with Gasteiger partial charge in [-0.2, -0.15) is 0 Å². The van der Waals surface area contributed by atoms with Crippen molar-refractivity contribution in [3.05, 3.63) is 168 Å². The first-order valence-electron chi connectivity index (χ1n) is 18.6. The van der Waals surface area contributed by atoms with E-state index in [2.05, 4.69) is 151 Å². The number of rotatable bonds is 1. The molecule has 7 aromatic carbocycles. The van der Waals surface area contributed by atoms with Gasteiger partial charge in [0, 0.05) is 54.5 Å². The molecule has 0 saturated heterocycles. The summed E-state index contributed by atoms with van der Waals surface area (Å²) in [4.78, 5) is 0. The Bertz CT molecular complexity index is 3360. The smallest absolute Gasteiger partial charge is 0.136 e. The van der Waals surface area contributed by atoms with Gasteiger partial charge in [0.15, 0.2) is 0 Å². The molecule has 0 fully saturated rings. The fourth-order valence-electron chi connectivity index (χ4n) is 10.4. The Morgan fingerprint density at radius 1 is 0.528 bits per heavy atom. The van der Waals surface area contributed by atoms with Crippen molar-refractivity contribution in [2.45, 2.75) is 25.2 Å². The lowest BCUT2D eigenvalue weighted by molar-refractivity contribution is 0.651. The number of para-hydroxylation sites is 3. The van der Waals surface area contributed by atoms with E-state index in [4.69, 9.17) is 8.83 Å². The summed E-state index contributed by atoms with van der Waals surface area (Å²) in [7, 11) is 0. The number of nitrogens with zero attached hydrogens (tertiary/aromatic N) is 1. The summed E-state index contributed by atoms with van der Waals surface area (Å²) < 4.78 is 15.7. The number of allylic oxidation sites excluding steroid dienone is 4. The van der Waals surface area contributed by atoms with Crippen LogP contribution in [0.25, 0.3) is 99.2 Å². The van der Waals surface area contributed by atoms with Crippen molar-refractivity contribution in [3.63, 3.8) is 0 Å². The molecule has 0 amide bonds. The molecule has 5 heterocycles. The standard InChI is InChI=1S/C50H31NO2/c1-50-40-15-4-2-9-33(40)34-24-21-30(27-42(34)50)51-48-31(28-19-22-36-35-10-3-5-17-43(35)52-45(36)25-28)11-6-13-37(48)38-14-7-12-32(49(38)51)29-20-23-39-46(26-29)53-44-18-8-16-41(50)47(39)44/h2-3,5-14,16-27H,4,15H2,1H3. The Hall–Kier alpha value is -6.58. The maximum atomic E-state index is 6.75. The SMILES string of the molecule is CC12C3=C(C=CCC3)c3ccc(cc31)-n1c3c(-c4ccc5c(c4)oc4ccccc45)cccc3c3cccc(c31)-c1ccc3c(c1)oc1cccc2c13. The highest BCUT2D eigenvalue weighted by Crippen LogP contribution is 2.57. The highest BCUT2D eigenvalue weighted by atomic mass is 16.3. The van der Waals surface area contributed by atoms with Crippen LogP contribution < -0.4 is 0 Å². The van der Waals surface area contributed by atoms with E-state index in [-0.39, 0.29) is 5.41 Å². The van der Waals surface area contributed by atoms with Gasteiger partial charge >= 0.3 is 0 Å². The Kier molecular flexibility index (Phi) is 5.10. The number of hydrogen-bond acceptors (Lipinski definition) is 2. The van der Waals surface area contributed by atoms with Gasteiger partial charge in [-0.3, -0.25) is 0 Å². The van der Waals surface area contributed by atoms with E-state index >= 15 is 0 Å². The zero-order valence-corrected chi connectivity index (χ0v) is 29.0. The Morgan fingerprint density at radius 2 is 1.19 bits per heavy atom. The van der Waals surface area contributed by atoms with Crippen LogP contribution in [0.3, 0.4) is 0 Å². The lowest BCUT2D eigenvalue weighted by Gasteiger charge is -2.32. The van der Waals surface area contributed by atoms with Crippen LogP contribution in [-0.4, -0.2) is 4.57 Å². The lowest BCUT2D eigenvalue weighted by atomic mass is 9.70. The summed E-state index contributed by atoms with van der Waals surface area (Å²) in [6, 6.07) is 49.3. The highest BCUT2D eigenvalue weighted by Gasteiger charge is 2.44. The van der Waals surface area contributed by atoms with Gasteiger partial charge in [-0.1, -0.05) is 97.1 Å². The van der Waals surface area contributed by atoms with Gasteiger partial charge in [0.25, 0.3) is 0 Å². The molecule has 1 atom stereocenters. The van der Waals surface area contributed by atoms with E-state index in [0.717, 1.165) is 57.1 Å². The molecule has 3 nitrogen and oxygen atoms in total. The average molecular weight is 678 g/mol. The van der Waals surface area contributed by atoms with Crippen LogP contribution in [-0.2, 0) is 5.41 Å². The molecule has 3 aromatic heterocycles. The van der Waals surface area contributed by atoms with E-state index in [0.29, 0.717) is 0 Å². The summed E-state index contributed by atoms with van der Waals surface area (Å²) in [5.41, 5.74) is 18.5. The first-order chi connectivity index (χ1) is 26.1. The molecule has 248 valence electrons. The van der Waals surface area contributed by atoms with Gasteiger partial charge in [-0.25, -0.2) is 0 Å². The van der Waals surface area contributed by atoms with Crippen LogP contribution in [0.4, 0.5) is 0 Å². The number of fused-ring (bicyclic) bond motifs is 7. The van der Waals surface area contributed by atoms with Gasteiger partial charge in [-0.15, -0.1) is 0 Å². The second kappa shape index (κ2) is 9.64. The summed E-state index contributed by atoms with van der Waals surface area (Å²) in [6.07, 6.45) is 6.81. The highest BCUT2D eigenvalue weighted by molar-refractivity contribution is 6.18. The third-order valence-corrected chi connectivity index (χ3v) is 12.7. The van der Waals surface area contributed by atoms with Gasteiger partial charge in [0.2, 0.25) is 0 Å². The minimum atomic E-state index is -0.328. The second-order valence-electron chi connectivity index (χ2n) is 15.2. The lowest BCUT2D eigenvalue weighted by Crippen LogP contribution is -2.25. The van der Waals surface area contributed by atoms with Crippen LogP contribution in [0.5, 0.6) is 0 Å². The van der Waals surface area contributed by atoms with Crippen molar-refractivity contribution in [2.24, 2.45) is 0 Å². The van der Waals surface area contributed by atoms with Gasteiger partial charge in [-0.05, 0) is 107 Å². The average Bonchev–Trinajstić information content (AvgIpc) is 3.94. The number of aromatic nitrogens is 1. The molecule has 53 heavy (non-hydrogen) atoms. The first kappa shape index (κ1) is 28.1. The first-order valence-corrected chi connectivity index (χ1v) is 18.6. The molecule has 0 radical (unpaired) electrons. The third kappa shape index (κ3) is 3.41. The largest absolute Gasteiger partial charge is 0.456 e. The molecular formula is C50H31NO2. The molecule has 2 aliphatic heterocycles. The van der Waals surface area contributed by atoms with Crippen LogP contribution >= 0.6 is 0 Å². The normalized spacial score (nSPS) is 17.3. The summed E-state index contributed by atoms with van der Waals surface area (Å²) in [5, 5.41) is 7.14. The van der Waals surface area contributed by atoms with E-state index in [1.54, 1.807) is 0 Å². The Labute approximate surface area is 304 Å². The molecule has 10 aromatic rings. The summed E-state index contributed by atoms with van der Waals surface area (Å²) >= 11 is 0. The summed E-state index contributed by atoms with van der Waals surface area (Å²) in [6.45, 7) is 2.46. The van der Waals surface area contributed by atoms with Gasteiger partial charge in [0.1, 0.15) is 22.3 Å². The van der Waals surface area contributed by atoms with Crippen LogP contribution in [0, 0.1) is 0 Å². The molecule has 0 saturated carbocycles. The molecule has 1 unspecified atom stereocenters. The number of benzene rings is 7. The molecule has 2 aliphatic carbocycles. The fourth-order valence-corrected chi connectivity index (χ4v) is 10.4. The molecule has 0 spiro atoms. The van der Waals surface area contributed by atoms with Crippen molar-refractivity contribution in [1.29, 1.82) is 0 Å². The monoisotopic (exact) mass is 677 g/mol. The van der Waals surface area contributed by atoms with E-state index in [9.17, 15) is 0 Å². The maximum Gasteiger partial charge on any atom is 0.136 e. The van der Waals surface area contributed by atoms with Crippen LogP contribution in [0.1, 0.15) is 36.5 Å². The van der Waals surface area contributed by atoms with Crippen LogP contribution in [0.2, 0.25) is 0 Å². The Balaban J connectivity index is 1.20. The van der Waals surface area contributed by atoms with Crippen molar-refractivity contribution in [3.8, 4) is 27.9 Å². The molecule has 3 heteroatoms. The zero-order chi connectivity index (χ0) is 34.6. The predicted octanol–water partition coefficient (Wildman–Crippen LogP) is 13.7. The zero-order valence-electron chi connectivity index (χ0n) is 29.0. The van der Waals surface area contributed by atoms with Crippen molar-refractivity contribution in [2.75, 3.05) is 0 Å². The molecule has 14 rings (SSSR count). The van der Waals surface area contributed by atoms with Crippen molar-refractivity contribution < 1.29 is 8.83 Å². The van der Waals surface area contributed by atoms with Crippen molar-refractivity contribution >= 4 is 71.3 Å². The second-order valence-corrected chi connectivity index (χ2v) is 15.2. The quantitative estimate of drug-likeness (QED) is 0.173. The van der Waals surface area contributed by atoms with E-state index in [1.807, 2.05) is 6.07 Å². The van der Waals surface area contributed by atoms with Crippen molar-refractivity contribution in [1.82, 2.24) is 4.57 Å². The van der Waals surface area contributed by atoms with E-state index < -0.39 is 0 Å². The predicted molar refractivity (Wildman–Crippen MR) is 218 cm³/mol. The number of furan rings is 2. The van der Waals surface area contributed by atoms with E-state index in [1.165, 1.54) is 77.2 Å². The molecule has 0 N–H and O–H groups in total.